The molecule has 0 aliphatic heterocycles. The molecule has 21 heavy (non-hydrogen) atoms. The summed E-state index contributed by atoms with van der Waals surface area (Å²) in [6.07, 6.45) is 4.24. The molecule has 3 rings (SSSR count). The van der Waals surface area contributed by atoms with E-state index in [0.717, 1.165) is 16.5 Å². The number of anilines is 1. The van der Waals surface area contributed by atoms with Crippen molar-refractivity contribution in [3.8, 4) is 0 Å². The lowest BCUT2D eigenvalue weighted by atomic mass is 10.2. The predicted molar refractivity (Wildman–Crippen MR) is 81.2 cm³/mol. The van der Waals surface area contributed by atoms with Crippen molar-refractivity contribution >= 4 is 28.3 Å². The molecule has 108 valence electrons. The van der Waals surface area contributed by atoms with Crippen LogP contribution in [0.2, 0.25) is 5.02 Å². The third-order valence-corrected chi connectivity index (χ3v) is 3.41. The molecule has 2 aromatic heterocycles. The molecule has 0 spiro atoms. The van der Waals surface area contributed by atoms with Crippen molar-refractivity contribution in [1.82, 2.24) is 19.7 Å². The normalized spacial score (nSPS) is 12.5. The summed E-state index contributed by atoms with van der Waals surface area (Å²) in [4.78, 5) is 8.39. The zero-order valence-corrected chi connectivity index (χ0v) is 12.1. The van der Waals surface area contributed by atoms with Crippen LogP contribution in [0.3, 0.4) is 0 Å². The summed E-state index contributed by atoms with van der Waals surface area (Å²) in [5.41, 5.74) is 1.52. The van der Waals surface area contributed by atoms with E-state index in [4.69, 9.17) is 11.6 Å². The van der Waals surface area contributed by atoms with Gasteiger partial charge in [0, 0.05) is 35.8 Å². The smallest absolute Gasteiger partial charge is 0.137 e. The van der Waals surface area contributed by atoms with Crippen molar-refractivity contribution in [3.63, 3.8) is 0 Å². The van der Waals surface area contributed by atoms with Crippen molar-refractivity contribution < 1.29 is 5.11 Å². The summed E-state index contributed by atoms with van der Waals surface area (Å²) >= 11 is 5.95. The summed E-state index contributed by atoms with van der Waals surface area (Å²) in [7, 11) is 1.81. The van der Waals surface area contributed by atoms with Crippen LogP contribution in [0.15, 0.2) is 36.9 Å². The van der Waals surface area contributed by atoms with Crippen molar-refractivity contribution in [2.45, 2.75) is 6.10 Å². The van der Waals surface area contributed by atoms with E-state index in [2.05, 4.69) is 20.4 Å². The highest BCUT2D eigenvalue weighted by atomic mass is 35.5. The molecule has 3 aromatic rings. The highest BCUT2D eigenvalue weighted by Crippen LogP contribution is 2.23. The second-order valence-corrected chi connectivity index (χ2v) is 5.16. The predicted octanol–water partition coefficient (Wildman–Crippen LogP) is 2.16. The first kappa shape index (κ1) is 13.8. The van der Waals surface area contributed by atoms with Crippen LogP contribution in [0.25, 0.3) is 10.9 Å². The zero-order chi connectivity index (χ0) is 14.8. The van der Waals surface area contributed by atoms with Gasteiger partial charge in [-0.2, -0.15) is 5.10 Å². The number of rotatable bonds is 4. The van der Waals surface area contributed by atoms with Gasteiger partial charge < -0.3 is 10.4 Å². The summed E-state index contributed by atoms with van der Waals surface area (Å²) in [6, 6.07) is 5.42. The van der Waals surface area contributed by atoms with Crippen molar-refractivity contribution in [2.24, 2.45) is 7.05 Å². The Morgan fingerprint density at radius 2 is 2.24 bits per heavy atom. The Bertz CT molecular complexity index is 773. The highest BCUT2D eigenvalue weighted by molar-refractivity contribution is 6.31. The van der Waals surface area contributed by atoms with Crippen LogP contribution in [0.1, 0.15) is 11.7 Å². The molecule has 0 radical (unpaired) electrons. The Hall–Kier alpha value is -2.18. The van der Waals surface area contributed by atoms with Crippen LogP contribution in [-0.2, 0) is 7.05 Å². The topological polar surface area (TPSA) is 75.9 Å². The minimum atomic E-state index is -0.656. The van der Waals surface area contributed by atoms with Gasteiger partial charge in [0.2, 0.25) is 0 Å². The number of fused-ring (bicyclic) bond motifs is 1. The monoisotopic (exact) mass is 303 g/mol. The Morgan fingerprint density at radius 3 is 3.00 bits per heavy atom. The largest absolute Gasteiger partial charge is 0.386 e. The van der Waals surface area contributed by atoms with E-state index < -0.39 is 6.10 Å². The van der Waals surface area contributed by atoms with Crippen LogP contribution in [0.4, 0.5) is 5.82 Å². The fraction of sp³-hybridized carbons (Fsp3) is 0.214. The van der Waals surface area contributed by atoms with Gasteiger partial charge in [0.25, 0.3) is 0 Å². The van der Waals surface area contributed by atoms with Crippen molar-refractivity contribution in [1.29, 1.82) is 0 Å². The number of aliphatic hydroxyl groups is 1. The first-order valence-corrected chi connectivity index (χ1v) is 6.82. The van der Waals surface area contributed by atoms with Crippen LogP contribution in [0, 0.1) is 0 Å². The quantitative estimate of drug-likeness (QED) is 0.772. The van der Waals surface area contributed by atoms with Crippen LogP contribution < -0.4 is 5.32 Å². The molecular formula is C14H14ClN5O. The van der Waals surface area contributed by atoms with Gasteiger partial charge in [-0.3, -0.25) is 4.68 Å². The summed E-state index contributed by atoms with van der Waals surface area (Å²) < 4.78 is 1.65. The molecule has 0 fully saturated rings. The van der Waals surface area contributed by atoms with Crippen LogP contribution in [0.5, 0.6) is 0 Å². The van der Waals surface area contributed by atoms with E-state index in [-0.39, 0.29) is 0 Å². The maximum absolute atomic E-state index is 10.1. The fourth-order valence-electron chi connectivity index (χ4n) is 2.09. The Labute approximate surface area is 126 Å². The number of hydrogen-bond donors (Lipinski definition) is 2. The number of aryl methyl sites for hydroxylation is 1. The minimum Gasteiger partial charge on any atom is -0.386 e. The third kappa shape index (κ3) is 2.96. The van der Waals surface area contributed by atoms with E-state index in [1.807, 2.05) is 13.1 Å². The van der Waals surface area contributed by atoms with Crippen molar-refractivity contribution in [2.75, 3.05) is 11.9 Å². The van der Waals surface area contributed by atoms with Gasteiger partial charge in [-0.15, -0.1) is 0 Å². The molecule has 1 unspecified atom stereocenters. The van der Waals surface area contributed by atoms with Gasteiger partial charge >= 0.3 is 0 Å². The number of aromatic nitrogens is 4. The summed E-state index contributed by atoms with van der Waals surface area (Å²) in [6.45, 7) is 0.334. The van der Waals surface area contributed by atoms with Gasteiger partial charge in [-0.05, 0) is 18.2 Å². The van der Waals surface area contributed by atoms with E-state index >= 15 is 0 Å². The first-order chi connectivity index (χ1) is 10.1. The van der Waals surface area contributed by atoms with Gasteiger partial charge in [-0.25, -0.2) is 9.97 Å². The molecular weight excluding hydrogens is 290 g/mol. The Balaban J connectivity index is 1.79. The molecule has 2 N–H and O–H groups in total. The third-order valence-electron chi connectivity index (χ3n) is 3.17. The number of benzene rings is 1. The average Bonchev–Trinajstić information content (AvgIpc) is 2.91. The first-order valence-electron chi connectivity index (χ1n) is 6.44. The lowest BCUT2D eigenvalue weighted by Crippen LogP contribution is -2.13. The summed E-state index contributed by atoms with van der Waals surface area (Å²) in [5, 5.41) is 18.8. The maximum Gasteiger partial charge on any atom is 0.137 e. The molecule has 1 aromatic carbocycles. The van der Waals surface area contributed by atoms with Gasteiger partial charge in [0.1, 0.15) is 12.1 Å². The van der Waals surface area contributed by atoms with Crippen LogP contribution >= 0.6 is 11.6 Å². The summed E-state index contributed by atoms with van der Waals surface area (Å²) in [5.74, 6) is 0.666. The molecule has 2 heterocycles. The van der Waals surface area contributed by atoms with E-state index in [0.29, 0.717) is 17.4 Å². The Morgan fingerprint density at radius 1 is 1.38 bits per heavy atom. The number of hydrogen-bond acceptors (Lipinski definition) is 5. The molecule has 0 aliphatic rings. The molecule has 7 heteroatoms. The lowest BCUT2D eigenvalue weighted by molar-refractivity contribution is 0.191. The average molecular weight is 304 g/mol. The van der Waals surface area contributed by atoms with Gasteiger partial charge in [0.15, 0.2) is 0 Å². The number of halogens is 1. The maximum atomic E-state index is 10.1. The van der Waals surface area contributed by atoms with Crippen LogP contribution in [-0.4, -0.2) is 31.4 Å². The Kier molecular flexibility index (Phi) is 3.72. The SMILES string of the molecule is Cn1cc(C(O)CNc2ncnc3cc(Cl)ccc23)cn1. The number of nitrogens with zero attached hydrogens (tertiary/aromatic N) is 4. The van der Waals surface area contributed by atoms with Crippen molar-refractivity contribution in [3.05, 3.63) is 47.5 Å². The molecule has 1 atom stereocenters. The molecule has 0 amide bonds. The van der Waals surface area contributed by atoms with E-state index in [1.165, 1.54) is 6.33 Å². The van der Waals surface area contributed by atoms with E-state index in [1.54, 1.807) is 29.2 Å². The molecule has 0 saturated heterocycles. The number of nitrogens with one attached hydrogen (secondary N) is 1. The molecule has 0 saturated carbocycles. The van der Waals surface area contributed by atoms with Gasteiger partial charge in [0.05, 0.1) is 17.8 Å². The second kappa shape index (κ2) is 5.67. The molecule has 0 bridgehead atoms. The van der Waals surface area contributed by atoms with E-state index in [9.17, 15) is 5.11 Å². The standard InChI is InChI=1S/C14H14ClN5O/c1-20-7-9(5-19-20)13(21)6-16-14-11-3-2-10(15)4-12(11)17-8-18-14/h2-5,7-8,13,21H,6H2,1H3,(H,16,17,18). The minimum absolute atomic E-state index is 0.334. The highest BCUT2D eigenvalue weighted by Gasteiger charge is 2.11. The number of aliphatic hydroxyl groups excluding tert-OH is 1. The molecule has 6 nitrogen and oxygen atoms in total. The zero-order valence-electron chi connectivity index (χ0n) is 11.4. The van der Waals surface area contributed by atoms with Gasteiger partial charge in [-0.1, -0.05) is 11.6 Å². The molecule has 0 aliphatic carbocycles. The fourth-order valence-corrected chi connectivity index (χ4v) is 2.26. The second-order valence-electron chi connectivity index (χ2n) is 4.73. The lowest BCUT2D eigenvalue weighted by Gasteiger charge is -2.12.